The van der Waals surface area contributed by atoms with E-state index < -0.39 is 0 Å². The molecule has 0 spiro atoms. The quantitative estimate of drug-likeness (QED) is 0.870. The molecule has 0 fully saturated rings. The molecule has 0 saturated carbocycles. The van der Waals surface area contributed by atoms with Crippen molar-refractivity contribution in [2.75, 3.05) is 14.1 Å². The number of nitrogens with one attached hydrogen (secondary N) is 1. The van der Waals surface area contributed by atoms with E-state index in [1.165, 1.54) is 4.88 Å². The number of hydrogen-bond acceptors (Lipinski definition) is 4. The maximum atomic E-state index is 11.7. The van der Waals surface area contributed by atoms with Crippen LogP contribution in [0.5, 0.6) is 0 Å². The number of likely N-dealkylation sites (N-methyl/N-ethyl adjacent to an activating group) is 1. The van der Waals surface area contributed by atoms with Crippen LogP contribution in [0.25, 0.3) is 0 Å². The number of nitrogens with zero attached hydrogens (tertiary/aromatic N) is 2. The third-order valence-corrected chi connectivity index (χ3v) is 3.60. The van der Waals surface area contributed by atoms with E-state index in [2.05, 4.69) is 17.2 Å². The number of hydrogen-bond donors (Lipinski definition) is 1. The molecule has 1 aromatic rings. The Morgan fingerprint density at radius 2 is 2.12 bits per heavy atom. The first-order valence-corrected chi connectivity index (χ1v) is 6.18. The first kappa shape index (κ1) is 13.1. The predicted octanol–water partition coefficient (Wildman–Crippen LogP) is 1.58. The number of aromatic nitrogens is 1. The van der Waals surface area contributed by atoms with Gasteiger partial charge in [0, 0.05) is 25.0 Å². The Balaban J connectivity index is 2.62. The maximum Gasteiger partial charge on any atom is 0.238 e. The molecule has 0 saturated heterocycles. The van der Waals surface area contributed by atoms with E-state index in [1.54, 1.807) is 30.3 Å². The maximum absolute atomic E-state index is 11.7. The van der Waals surface area contributed by atoms with Crippen molar-refractivity contribution in [3.8, 4) is 0 Å². The molecule has 5 heteroatoms. The Labute approximate surface area is 101 Å². The number of rotatable bonds is 4. The molecule has 90 valence electrons. The van der Waals surface area contributed by atoms with Gasteiger partial charge in [0.1, 0.15) is 0 Å². The number of carbonyl (C=O) groups excluding carboxylic acids is 1. The van der Waals surface area contributed by atoms with E-state index in [1.807, 2.05) is 19.4 Å². The highest BCUT2D eigenvalue weighted by Crippen LogP contribution is 2.21. The molecule has 1 N–H and O–H groups in total. The molecular weight excluding hydrogens is 222 g/mol. The van der Waals surface area contributed by atoms with Gasteiger partial charge in [-0.15, -0.1) is 11.3 Å². The van der Waals surface area contributed by atoms with Crippen molar-refractivity contribution in [3.63, 3.8) is 0 Å². The molecule has 1 heterocycles. The normalized spacial score (nSPS) is 14.6. The van der Waals surface area contributed by atoms with Crippen LogP contribution in [0.4, 0.5) is 0 Å². The van der Waals surface area contributed by atoms with Gasteiger partial charge in [0.05, 0.1) is 17.2 Å². The number of thiazole rings is 1. The molecule has 0 aliphatic carbocycles. The fraction of sp³-hybridized carbons (Fsp3) is 0.636. The minimum Gasteiger partial charge on any atom is -0.347 e. The molecule has 4 nitrogen and oxygen atoms in total. The van der Waals surface area contributed by atoms with Gasteiger partial charge in [0.25, 0.3) is 0 Å². The van der Waals surface area contributed by atoms with E-state index in [-0.39, 0.29) is 18.0 Å². The second kappa shape index (κ2) is 5.41. The van der Waals surface area contributed by atoms with Crippen molar-refractivity contribution in [2.24, 2.45) is 0 Å². The van der Waals surface area contributed by atoms with E-state index in [0.29, 0.717) is 0 Å². The molecule has 0 radical (unpaired) electrons. The smallest absolute Gasteiger partial charge is 0.238 e. The number of aryl methyl sites for hydroxylation is 1. The summed E-state index contributed by atoms with van der Waals surface area (Å²) >= 11 is 1.62. The molecule has 0 aliphatic rings. The van der Waals surface area contributed by atoms with Gasteiger partial charge in [-0.2, -0.15) is 0 Å². The highest BCUT2D eigenvalue weighted by Gasteiger charge is 2.19. The molecule has 0 aliphatic heterocycles. The van der Waals surface area contributed by atoms with Crippen LogP contribution in [0.3, 0.4) is 0 Å². The molecular formula is C11H19N3OS. The zero-order valence-corrected chi connectivity index (χ0v) is 11.3. The third kappa shape index (κ3) is 3.02. The zero-order valence-electron chi connectivity index (χ0n) is 10.4. The Bertz CT molecular complexity index is 362. The molecule has 1 rings (SSSR count). The summed E-state index contributed by atoms with van der Waals surface area (Å²) in [5.74, 6) is 0.0917. The molecule has 2 atom stereocenters. The highest BCUT2D eigenvalue weighted by molar-refractivity contribution is 7.09. The average molecular weight is 241 g/mol. The van der Waals surface area contributed by atoms with Gasteiger partial charge >= 0.3 is 0 Å². The Hall–Kier alpha value is -0.940. The van der Waals surface area contributed by atoms with Crippen LogP contribution < -0.4 is 5.32 Å². The topological polar surface area (TPSA) is 45.2 Å². The molecule has 0 aromatic carbocycles. The third-order valence-electron chi connectivity index (χ3n) is 2.49. The summed E-state index contributed by atoms with van der Waals surface area (Å²) < 4.78 is 0. The summed E-state index contributed by atoms with van der Waals surface area (Å²) in [5, 5.41) is 3.28. The van der Waals surface area contributed by atoms with Crippen molar-refractivity contribution < 1.29 is 4.79 Å². The van der Waals surface area contributed by atoms with Crippen LogP contribution in [0.15, 0.2) is 5.51 Å². The Morgan fingerprint density at radius 1 is 1.50 bits per heavy atom. The van der Waals surface area contributed by atoms with Crippen molar-refractivity contribution in [2.45, 2.75) is 32.9 Å². The minimum atomic E-state index is -0.175. The van der Waals surface area contributed by atoms with Crippen LogP contribution in [0, 0.1) is 6.92 Å². The Kier molecular flexibility index (Phi) is 4.44. The van der Waals surface area contributed by atoms with Crippen LogP contribution in [-0.2, 0) is 4.79 Å². The van der Waals surface area contributed by atoms with Crippen LogP contribution in [-0.4, -0.2) is 35.9 Å². The van der Waals surface area contributed by atoms with Crippen molar-refractivity contribution in [1.82, 2.24) is 15.2 Å². The SMILES string of the molecule is Cc1ncsc1C(C)NC(C)C(=O)N(C)C. The van der Waals surface area contributed by atoms with Crippen molar-refractivity contribution >= 4 is 17.2 Å². The molecule has 16 heavy (non-hydrogen) atoms. The van der Waals surface area contributed by atoms with E-state index in [0.717, 1.165) is 5.69 Å². The lowest BCUT2D eigenvalue weighted by molar-refractivity contribution is -0.130. The lowest BCUT2D eigenvalue weighted by atomic mass is 10.2. The monoisotopic (exact) mass is 241 g/mol. The fourth-order valence-corrected chi connectivity index (χ4v) is 2.46. The highest BCUT2D eigenvalue weighted by atomic mass is 32.1. The average Bonchev–Trinajstić information content (AvgIpc) is 2.62. The summed E-state index contributed by atoms with van der Waals surface area (Å²) in [4.78, 5) is 18.7. The van der Waals surface area contributed by atoms with Gasteiger partial charge in [-0.05, 0) is 20.8 Å². The standard InChI is InChI=1S/C11H19N3OS/c1-7-10(16-6-12-7)8(2)13-9(3)11(15)14(4)5/h6,8-9,13H,1-5H3. The van der Waals surface area contributed by atoms with Gasteiger partial charge in [0.15, 0.2) is 0 Å². The summed E-state index contributed by atoms with van der Waals surface area (Å²) in [7, 11) is 3.53. The van der Waals surface area contributed by atoms with Gasteiger partial charge in [-0.1, -0.05) is 0 Å². The lowest BCUT2D eigenvalue weighted by Crippen LogP contribution is -2.42. The zero-order chi connectivity index (χ0) is 12.3. The number of amides is 1. The van der Waals surface area contributed by atoms with Crippen molar-refractivity contribution in [3.05, 3.63) is 16.1 Å². The summed E-state index contributed by atoms with van der Waals surface area (Å²) in [6.07, 6.45) is 0. The summed E-state index contributed by atoms with van der Waals surface area (Å²) in [6.45, 7) is 5.93. The van der Waals surface area contributed by atoms with E-state index in [9.17, 15) is 4.79 Å². The van der Waals surface area contributed by atoms with E-state index >= 15 is 0 Å². The van der Waals surface area contributed by atoms with Gasteiger partial charge in [-0.25, -0.2) is 4.98 Å². The molecule has 1 amide bonds. The minimum absolute atomic E-state index is 0.0917. The summed E-state index contributed by atoms with van der Waals surface area (Å²) in [6, 6.07) is -0.0158. The number of carbonyl (C=O) groups is 1. The molecule has 0 bridgehead atoms. The lowest BCUT2D eigenvalue weighted by Gasteiger charge is -2.21. The molecule has 2 unspecified atom stereocenters. The fourth-order valence-electron chi connectivity index (χ4n) is 1.64. The van der Waals surface area contributed by atoms with Gasteiger partial charge in [0.2, 0.25) is 5.91 Å². The second-order valence-corrected chi connectivity index (χ2v) is 5.03. The predicted molar refractivity (Wildman–Crippen MR) is 66.6 cm³/mol. The first-order valence-electron chi connectivity index (χ1n) is 5.30. The largest absolute Gasteiger partial charge is 0.347 e. The van der Waals surface area contributed by atoms with Crippen LogP contribution in [0.1, 0.15) is 30.5 Å². The Morgan fingerprint density at radius 3 is 2.56 bits per heavy atom. The molecule has 1 aromatic heterocycles. The van der Waals surface area contributed by atoms with Crippen molar-refractivity contribution in [1.29, 1.82) is 0 Å². The van der Waals surface area contributed by atoms with E-state index in [4.69, 9.17) is 0 Å². The van der Waals surface area contributed by atoms with Gasteiger partial charge < -0.3 is 4.90 Å². The van der Waals surface area contributed by atoms with Gasteiger partial charge in [-0.3, -0.25) is 10.1 Å². The first-order chi connectivity index (χ1) is 7.43. The summed E-state index contributed by atoms with van der Waals surface area (Å²) in [5.41, 5.74) is 2.87. The van der Waals surface area contributed by atoms with Crippen LogP contribution in [0.2, 0.25) is 0 Å². The van der Waals surface area contributed by atoms with Crippen LogP contribution >= 0.6 is 11.3 Å². The second-order valence-electron chi connectivity index (χ2n) is 4.14.